The summed E-state index contributed by atoms with van der Waals surface area (Å²) < 4.78 is 10.1. The molecule has 0 saturated heterocycles. The van der Waals surface area contributed by atoms with Gasteiger partial charge < -0.3 is 36.1 Å². The number of carboxylic acids is 2. The molecule has 0 bridgehead atoms. The summed E-state index contributed by atoms with van der Waals surface area (Å²) in [5.74, 6) is -5.65. The quantitative estimate of drug-likeness (QED) is 0.145. The molecule has 1 unspecified atom stereocenters. The Kier molecular flexibility index (Phi) is 16.1. The molecule has 0 aromatic carbocycles. The lowest BCUT2D eigenvalue weighted by molar-refractivity contribution is -0.149. The zero-order valence-corrected chi connectivity index (χ0v) is 20.1. The van der Waals surface area contributed by atoms with Crippen LogP contribution in [0.4, 0.5) is 0 Å². The van der Waals surface area contributed by atoms with Crippen LogP contribution in [0.15, 0.2) is 0 Å². The first-order valence-electron chi connectivity index (χ1n) is 10.7. The predicted molar refractivity (Wildman–Crippen MR) is 121 cm³/mol. The summed E-state index contributed by atoms with van der Waals surface area (Å²) in [6.07, 6.45) is 0.336. The van der Waals surface area contributed by atoms with E-state index >= 15 is 0 Å². The molecule has 14 heteroatoms. The van der Waals surface area contributed by atoms with Crippen molar-refractivity contribution in [1.29, 1.82) is 0 Å². The average Bonchev–Trinajstić information content (AvgIpc) is 2.79. The normalized spacial score (nSPS) is 13.1. The Bertz CT molecular complexity index is 719. The van der Waals surface area contributed by atoms with Crippen molar-refractivity contribution in [2.75, 3.05) is 25.5 Å². The highest BCUT2D eigenvalue weighted by molar-refractivity contribution is 8.00. The van der Waals surface area contributed by atoms with Crippen LogP contribution in [-0.2, 0) is 38.2 Å². The Hall–Kier alpha value is -2.87. The molecular weight excluding hydrogens is 474 g/mol. The van der Waals surface area contributed by atoms with E-state index in [1.165, 1.54) is 0 Å². The maximum Gasteiger partial charge on any atom is 0.322 e. The van der Waals surface area contributed by atoms with Gasteiger partial charge in [0.25, 0.3) is 0 Å². The van der Waals surface area contributed by atoms with Crippen molar-refractivity contribution in [1.82, 2.24) is 10.6 Å². The average molecular weight is 508 g/mol. The third-order valence-corrected chi connectivity index (χ3v) is 5.35. The first-order valence-corrected chi connectivity index (χ1v) is 11.8. The van der Waals surface area contributed by atoms with E-state index in [0.29, 0.717) is 12.8 Å². The number of thioether (sulfide) groups is 1. The molecule has 34 heavy (non-hydrogen) atoms. The number of carbonyl (C=O) groups is 6. The van der Waals surface area contributed by atoms with Crippen molar-refractivity contribution >= 4 is 47.5 Å². The molecule has 0 saturated carbocycles. The van der Waals surface area contributed by atoms with E-state index in [2.05, 4.69) is 10.6 Å². The van der Waals surface area contributed by atoms with Crippen LogP contribution in [0.25, 0.3) is 0 Å². The predicted octanol–water partition coefficient (Wildman–Crippen LogP) is -0.738. The van der Waals surface area contributed by atoms with Gasteiger partial charge in [-0.05, 0) is 19.3 Å². The molecule has 2 amide bonds. The molecule has 0 aromatic heterocycles. The molecule has 0 aromatic rings. The highest BCUT2D eigenvalue weighted by Gasteiger charge is 2.29. The van der Waals surface area contributed by atoms with E-state index in [-0.39, 0.29) is 38.2 Å². The van der Waals surface area contributed by atoms with Gasteiger partial charge in [-0.3, -0.25) is 28.8 Å². The lowest BCUT2D eigenvalue weighted by Crippen LogP contribution is -2.50. The smallest absolute Gasteiger partial charge is 0.322 e. The molecule has 6 N–H and O–H groups in total. The van der Waals surface area contributed by atoms with Crippen LogP contribution in [0.2, 0.25) is 0 Å². The molecule has 0 aliphatic carbocycles. The first-order chi connectivity index (χ1) is 16.0. The van der Waals surface area contributed by atoms with Gasteiger partial charge >= 0.3 is 23.9 Å². The lowest BCUT2D eigenvalue weighted by Gasteiger charge is -2.21. The van der Waals surface area contributed by atoms with Crippen molar-refractivity contribution in [3.63, 3.8) is 0 Å². The second-order valence-electron chi connectivity index (χ2n) is 7.13. The van der Waals surface area contributed by atoms with Crippen LogP contribution in [-0.4, -0.2) is 88.7 Å². The van der Waals surface area contributed by atoms with Gasteiger partial charge in [0.05, 0.1) is 19.6 Å². The number of carbonyl (C=O) groups excluding carboxylic acids is 4. The van der Waals surface area contributed by atoms with E-state index in [1.807, 2.05) is 0 Å². The van der Waals surface area contributed by atoms with Gasteiger partial charge in [0, 0.05) is 12.2 Å². The number of aliphatic carboxylic acids is 2. The van der Waals surface area contributed by atoms with E-state index < -0.39 is 59.6 Å². The van der Waals surface area contributed by atoms with Gasteiger partial charge in [-0.1, -0.05) is 13.8 Å². The van der Waals surface area contributed by atoms with Gasteiger partial charge in [0.15, 0.2) is 0 Å². The molecule has 194 valence electrons. The van der Waals surface area contributed by atoms with Gasteiger partial charge in [-0.2, -0.15) is 0 Å². The van der Waals surface area contributed by atoms with Crippen LogP contribution < -0.4 is 16.4 Å². The fourth-order valence-electron chi connectivity index (χ4n) is 2.29. The molecular formula is C20H33N3O10S. The van der Waals surface area contributed by atoms with E-state index in [1.54, 1.807) is 13.8 Å². The van der Waals surface area contributed by atoms with E-state index in [4.69, 9.17) is 25.4 Å². The fourth-order valence-corrected chi connectivity index (χ4v) is 3.41. The van der Waals surface area contributed by atoms with Gasteiger partial charge in [0.1, 0.15) is 23.9 Å². The number of carboxylic acid groups (broad SMARTS) is 2. The largest absolute Gasteiger partial charge is 0.480 e. The number of nitrogens with two attached hydrogens (primary N) is 1. The van der Waals surface area contributed by atoms with Crippen molar-refractivity contribution in [3.8, 4) is 0 Å². The summed E-state index contributed by atoms with van der Waals surface area (Å²) in [6, 6.07) is -2.54. The number of esters is 2. The fraction of sp³-hybridized carbons (Fsp3) is 0.700. The molecule has 3 atom stereocenters. The summed E-state index contributed by atoms with van der Waals surface area (Å²) in [4.78, 5) is 70.6. The van der Waals surface area contributed by atoms with Crippen molar-refractivity contribution in [2.24, 2.45) is 5.73 Å². The Balaban J connectivity index is 5.29. The Morgan fingerprint density at radius 2 is 1.62 bits per heavy atom. The third-order valence-electron chi connectivity index (χ3n) is 4.06. The highest BCUT2D eigenvalue weighted by Crippen LogP contribution is 2.19. The van der Waals surface area contributed by atoms with Crippen molar-refractivity contribution in [2.45, 2.75) is 63.3 Å². The second kappa shape index (κ2) is 17.6. The van der Waals surface area contributed by atoms with Crippen LogP contribution in [0.3, 0.4) is 0 Å². The highest BCUT2D eigenvalue weighted by atomic mass is 32.2. The summed E-state index contributed by atoms with van der Waals surface area (Å²) in [5.41, 5.74) is 5.37. The monoisotopic (exact) mass is 507 g/mol. The number of ether oxygens (including phenoxy) is 2. The van der Waals surface area contributed by atoms with Gasteiger partial charge in [0.2, 0.25) is 11.8 Å². The van der Waals surface area contributed by atoms with Crippen LogP contribution >= 0.6 is 11.8 Å². The molecule has 0 aliphatic heterocycles. The molecule has 0 rings (SSSR count). The topological polar surface area (TPSA) is 211 Å². The molecule has 0 heterocycles. The van der Waals surface area contributed by atoms with Crippen molar-refractivity contribution in [3.05, 3.63) is 0 Å². The number of hydrogen-bond donors (Lipinski definition) is 5. The molecule has 13 nitrogen and oxygen atoms in total. The van der Waals surface area contributed by atoms with E-state index in [0.717, 1.165) is 11.8 Å². The number of rotatable bonds is 18. The Labute approximate surface area is 201 Å². The molecule has 0 spiro atoms. The summed E-state index contributed by atoms with van der Waals surface area (Å²) >= 11 is 0.867. The second-order valence-corrected chi connectivity index (χ2v) is 8.36. The zero-order valence-electron chi connectivity index (χ0n) is 19.2. The SMILES string of the molecule is CCCOC(=O)CC(SC[C@H](NC(=O)CC[C@H](N)C(=O)O)C(=O)NCC(=O)O)C(=O)OCCC. The third kappa shape index (κ3) is 14.3. The lowest BCUT2D eigenvalue weighted by atomic mass is 10.1. The minimum atomic E-state index is -1.31. The van der Waals surface area contributed by atoms with Crippen LogP contribution in [0, 0.1) is 0 Å². The molecule has 0 radical (unpaired) electrons. The number of hydrogen-bond acceptors (Lipinski definition) is 10. The maximum absolute atomic E-state index is 12.4. The first kappa shape index (κ1) is 31.1. The number of nitrogens with one attached hydrogen (secondary N) is 2. The minimum absolute atomic E-state index is 0.128. The maximum atomic E-state index is 12.4. The molecule has 0 aliphatic rings. The number of amides is 2. The summed E-state index contributed by atoms with van der Waals surface area (Å²) in [6.45, 7) is 3.20. The van der Waals surface area contributed by atoms with Crippen LogP contribution in [0.1, 0.15) is 46.0 Å². The molecule has 0 fully saturated rings. The van der Waals surface area contributed by atoms with Crippen molar-refractivity contribution < 1.29 is 48.5 Å². The van der Waals surface area contributed by atoms with Gasteiger partial charge in [-0.25, -0.2) is 0 Å². The summed E-state index contributed by atoms with van der Waals surface area (Å²) in [7, 11) is 0. The van der Waals surface area contributed by atoms with E-state index in [9.17, 15) is 28.8 Å². The Morgan fingerprint density at radius 3 is 2.18 bits per heavy atom. The summed E-state index contributed by atoms with van der Waals surface area (Å²) in [5, 5.41) is 21.1. The Morgan fingerprint density at radius 1 is 1.00 bits per heavy atom. The standard InChI is InChI=1S/C20H33N3O10S/c1-3-7-32-17(27)9-14(20(31)33-8-4-2)34-11-13(18(28)22-10-16(25)26)23-15(24)6-5-12(21)19(29)30/h12-14H,3-11,21H2,1-2H3,(H,22,28)(H,23,24)(H,25,26)(H,29,30)/t12-,13-,14?/m0/s1. The van der Waals surface area contributed by atoms with Gasteiger partial charge in [-0.15, -0.1) is 11.8 Å². The minimum Gasteiger partial charge on any atom is -0.480 e. The van der Waals surface area contributed by atoms with Crippen LogP contribution in [0.5, 0.6) is 0 Å². The zero-order chi connectivity index (χ0) is 26.1.